The van der Waals surface area contributed by atoms with Crippen molar-refractivity contribution < 1.29 is 9.85 Å². The maximum absolute atomic E-state index is 10.9. The largest absolute Gasteiger partial charge is 0.301 e. The standard InChI is InChI=1S/C12H10N4O4S/c1-8-4-5-21-12(8)7-13-14-10-3-2-9(15(17)18)6-11(10)16(19)20/h2-7,14H,1H3/b13-7-. The van der Waals surface area contributed by atoms with Gasteiger partial charge < -0.3 is 0 Å². The van der Waals surface area contributed by atoms with Crippen molar-refractivity contribution in [2.24, 2.45) is 5.10 Å². The van der Waals surface area contributed by atoms with Crippen molar-refractivity contribution in [1.82, 2.24) is 0 Å². The highest BCUT2D eigenvalue weighted by Crippen LogP contribution is 2.28. The molecule has 0 saturated heterocycles. The zero-order chi connectivity index (χ0) is 15.4. The van der Waals surface area contributed by atoms with Crippen LogP contribution in [0.25, 0.3) is 0 Å². The van der Waals surface area contributed by atoms with Crippen molar-refractivity contribution in [3.05, 3.63) is 60.3 Å². The molecule has 108 valence electrons. The summed E-state index contributed by atoms with van der Waals surface area (Å²) < 4.78 is 0. The molecule has 2 rings (SSSR count). The van der Waals surface area contributed by atoms with Crippen LogP contribution >= 0.6 is 11.3 Å². The van der Waals surface area contributed by atoms with Gasteiger partial charge in [0.2, 0.25) is 0 Å². The van der Waals surface area contributed by atoms with Gasteiger partial charge in [-0.05, 0) is 30.0 Å². The van der Waals surface area contributed by atoms with E-state index in [0.29, 0.717) is 0 Å². The van der Waals surface area contributed by atoms with E-state index in [1.54, 1.807) is 6.21 Å². The third kappa shape index (κ3) is 3.39. The molecule has 1 N–H and O–H groups in total. The van der Waals surface area contributed by atoms with Gasteiger partial charge in [-0.1, -0.05) is 0 Å². The molecule has 1 aromatic heterocycles. The van der Waals surface area contributed by atoms with Crippen LogP contribution in [0.1, 0.15) is 10.4 Å². The van der Waals surface area contributed by atoms with E-state index < -0.39 is 15.5 Å². The van der Waals surface area contributed by atoms with E-state index in [1.165, 1.54) is 23.5 Å². The fraction of sp³-hybridized carbons (Fsp3) is 0.0833. The van der Waals surface area contributed by atoms with Crippen molar-refractivity contribution in [3.63, 3.8) is 0 Å². The predicted octanol–water partition coefficient (Wildman–Crippen LogP) is 3.32. The Morgan fingerprint density at radius 2 is 2.00 bits per heavy atom. The van der Waals surface area contributed by atoms with Gasteiger partial charge in [-0.25, -0.2) is 0 Å². The van der Waals surface area contributed by atoms with Gasteiger partial charge in [0.05, 0.1) is 22.1 Å². The van der Waals surface area contributed by atoms with Crippen LogP contribution in [-0.4, -0.2) is 16.1 Å². The number of anilines is 1. The summed E-state index contributed by atoms with van der Waals surface area (Å²) in [5, 5.41) is 27.4. The number of nitro groups is 2. The first-order chi connectivity index (χ1) is 9.99. The summed E-state index contributed by atoms with van der Waals surface area (Å²) in [5.41, 5.74) is 2.94. The SMILES string of the molecule is Cc1ccsc1/C=N\Nc1ccc([N+](=O)[O-])cc1[N+](=O)[O-]. The van der Waals surface area contributed by atoms with Gasteiger partial charge in [-0.3, -0.25) is 25.7 Å². The van der Waals surface area contributed by atoms with Crippen molar-refractivity contribution in [2.75, 3.05) is 5.43 Å². The van der Waals surface area contributed by atoms with Crippen molar-refractivity contribution in [1.29, 1.82) is 0 Å². The molecule has 21 heavy (non-hydrogen) atoms. The summed E-state index contributed by atoms with van der Waals surface area (Å²) in [5.74, 6) is 0. The first-order valence-electron chi connectivity index (χ1n) is 5.75. The van der Waals surface area contributed by atoms with E-state index in [2.05, 4.69) is 10.5 Å². The highest BCUT2D eigenvalue weighted by molar-refractivity contribution is 7.11. The van der Waals surface area contributed by atoms with Gasteiger partial charge >= 0.3 is 5.69 Å². The quantitative estimate of drug-likeness (QED) is 0.517. The smallest absolute Gasteiger partial charge is 0.272 e. The Labute approximate surface area is 123 Å². The number of rotatable bonds is 5. The van der Waals surface area contributed by atoms with E-state index in [-0.39, 0.29) is 11.4 Å². The number of aryl methyl sites for hydroxylation is 1. The average Bonchev–Trinajstić information content (AvgIpc) is 2.84. The number of nitrogens with one attached hydrogen (secondary N) is 1. The first-order valence-corrected chi connectivity index (χ1v) is 6.63. The minimum atomic E-state index is -0.693. The van der Waals surface area contributed by atoms with Gasteiger partial charge in [-0.2, -0.15) is 5.10 Å². The second-order valence-corrected chi connectivity index (χ2v) is 5.00. The lowest BCUT2D eigenvalue weighted by Gasteiger charge is -2.01. The average molecular weight is 306 g/mol. The number of hydrogen-bond acceptors (Lipinski definition) is 7. The third-order valence-corrected chi connectivity index (χ3v) is 3.61. The van der Waals surface area contributed by atoms with Crippen LogP contribution in [0.4, 0.5) is 17.1 Å². The number of nitrogens with zero attached hydrogens (tertiary/aromatic N) is 3. The second kappa shape index (κ2) is 6.09. The fourth-order valence-electron chi connectivity index (χ4n) is 1.56. The topological polar surface area (TPSA) is 111 Å². The van der Waals surface area contributed by atoms with Gasteiger partial charge in [0.25, 0.3) is 5.69 Å². The van der Waals surface area contributed by atoms with Crippen LogP contribution in [0, 0.1) is 27.2 Å². The summed E-state index contributed by atoms with van der Waals surface area (Å²) in [7, 11) is 0. The monoisotopic (exact) mass is 306 g/mol. The summed E-state index contributed by atoms with van der Waals surface area (Å²) >= 11 is 1.49. The number of nitro benzene ring substituents is 2. The second-order valence-electron chi connectivity index (χ2n) is 4.05. The first kappa shape index (κ1) is 14.6. The summed E-state index contributed by atoms with van der Waals surface area (Å²) in [6.45, 7) is 1.92. The van der Waals surface area contributed by atoms with Crippen molar-refractivity contribution >= 4 is 34.6 Å². The van der Waals surface area contributed by atoms with E-state index in [4.69, 9.17) is 0 Å². The number of thiophene rings is 1. The zero-order valence-corrected chi connectivity index (χ0v) is 11.7. The van der Waals surface area contributed by atoms with E-state index in [0.717, 1.165) is 16.5 Å². The number of hydrogen-bond donors (Lipinski definition) is 1. The van der Waals surface area contributed by atoms with Crippen LogP contribution in [0.15, 0.2) is 34.7 Å². The number of benzene rings is 1. The Morgan fingerprint density at radius 1 is 1.24 bits per heavy atom. The minimum Gasteiger partial charge on any atom is -0.272 e. The molecular formula is C12H10N4O4S. The molecule has 0 aliphatic heterocycles. The molecule has 0 bridgehead atoms. The van der Waals surface area contributed by atoms with E-state index >= 15 is 0 Å². The fourth-order valence-corrected chi connectivity index (χ4v) is 2.34. The van der Waals surface area contributed by atoms with Crippen LogP contribution in [0.3, 0.4) is 0 Å². The molecule has 0 amide bonds. The molecule has 0 atom stereocenters. The summed E-state index contributed by atoms with van der Waals surface area (Å²) in [6.07, 6.45) is 1.55. The normalized spacial score (nSPS) is 10.7. The molecule has 0 aliphatic rings. The Kier molecular flexibility index (Phi) is 4.24. The molecule has 0 fully saturated rings. The lowest BCUT2D eigenvalue weighted by molar-refractivity contribution is -0.393. The number of non-ortho nitro benzene ring substituents is 1. The third-order valence-electron chi connectivity index (χ3n) is 2.66. The molecule has 0 spiro atoms. The van der Waals surface area contributed by atoms with E-state index in [9.17, 15) is 20.2 Å². The van der Waals surface area contributed by atoms with Gasteiger partial charge in [0.15, 0.2) is 0 Å². The molecule has 0 aliphatic carbocycles. The zero-order valence-electron chi connectivity index (χ0n) is 10.8. The van der Waals surface area contributed by atoms with Crippen molar-refractivity contribution in [3.8, 4) is 0 Å². The van der Waals surface area contributed by atoms with Crippen molar-refractivity contribution in [2.45, 2.75) is 6.92 Å². The van der Waals surface area contributed by atoms with Crippen LogP contribution in [0.5, 0.6) is 0 Å². The molecule has 9 heteroatoms. The van der Waals surface area contributed by atoms with Gasteiger partial charge in [0, 0.05) is 10.9 Å². The Bertz CT molecular complexity index is 726. The predicted molar refractivity (Wildman–Crippen MR) is 80.0 cm³/mol. The molecule has 0 radical (unpaired) electrons. The van der Waals surface area contributed by atoms with Gasteiger partial charge in [0.1, 0.15) is 5.69 Å². The lowest BCUT2D eigenvalue weighted by atomic mass is 10.2. The molecule has 2 aromatic rings. The minimum absolute atomic E-state index is 0.0936. The summed E-state index contributed by atoms with van der Waals surface area (Å²) in [6, 6.07) is 5.27. The van der Waals surface area contributed by atoms with Crippen LogP contribution in [-0.2, 0) is 0 Å². The van der Waals surface area contributed by atoms with Crippen LogP contribution in [0.2, 0.25) is 0 Å². The lowest BCUT2D eigenvalue weighted by Crippen LogP contribution is -1.98. The Balaban J connectivity index is 2.23. The molecule has 1 heterocycles. The molecular weight excluding hydrogens is 296 g/mol. The summed E-state index contributed by atoms with van der Waals surface area (Å²) in [4.78, 5) is 21.1. The maximum Gasteiger partial charge on any atom is 0.301 e. The highest BCUT2D eigenvalue weighted by atomic mass is 32.1. The maximum atomic E-state index is 10.9. The highest BCUT2D eigenvalue weighted by Gasteiger charge is 2.19. The Morgan fingerprint density at radius 3 is 2.57 bits per heavy atom. The van der Waals surface area contributed by atoms with Crippen LogP contribution < -0.4 is 5.43 Å². The Hall–Kier alpha value is -2.81. The number of hydrazone groups is 1. The molecule has 0 saturated carbocycles. The molecule has 1 aromatic carbocycles. The molecule has 8 nitrogen and oxygen atoms in total. The van der Waals surface area contributed by atoms with Gasteiger partial charge in [-0.15, -0.1) is 11.3 Å². The van der Waals surface area contributed by atoms with E-state index in [1.807, 2.05) is 18.4 Å². The molecule has 0 unspecified atom stereocenters.